The minimum Gasteiger partial charge on any atom is -0.451 e. The topological polar surface area (TPSA) is 45.5 Å². The average molecular weight is 494 g/mol. The van der Waals surface area contributed by atoms with Crippen LogP contribution in [-0.4, -0.2) is 22.3 Å². The SMILES string of the molecule is C[C@H]1CCCC[C@H]1N1C(=O)/C(=C/c2ccc(I)o2)SC1Nc1ccccc1. The highest BCUT2D eigenvalue weighted by Gasteiger charge is 2.43. The predicted octanol–water partition coefficient (Wildman–Crippen LogP) is 5.77. The molecule has 1 aromatic heterocycles. The van der Waals surface area contributed by atoms with E-state index < -0.39 is 0 Å². The number of amides is 1. The molecule has 4 rings (SSSR count). The number of thioether (sulfide) groups is 1. The number of furan rings is 1. The van der Waals surface area contributed by atoms with Crippen molar-refractivity contribution in [1.29, 1.82) is 0 Å². The van der Waals surface area contributed by atoms with Crippen LogP contribution in [-0.2, 0) is 4.79 Å². The number of nitrogens with zero attached hydrogens (tertiary/aromatic N) is 1. The molecule has 1 aliphatic carbocycles. The fourth-order valence-electron chi connectivity index (χ4n) is 3.90. The number of hydrogen-bond donors (Lipinski definition) is 1. The molecule has 0 bridgehead atoms. The van der Waals surface area contributed by atoms with Gasteiger partial charge in [-0.05, 0) is 65.6 Å². The molecule has 1 saturated heterocycles. The standard InChI is InChI=1S/C21H23IN2O2S/c1-14-7-5-6-10-17(14)24-20(25)18(13-16-11-12-19(22)26-16)27-21(24)23-15-8-3-2-4-9-15/h2-4,8-9,11-14,17,21,23H,5-7,10H2,1H3/b18-13-/t14-,17+,21?/m0/s1. The second-order valence-electron chi connectivity index (χ2n) is 7.17. The van der Waals surface area contributed by atoms with Gasteiger partial charge in [0.25, 0.3) is 5.91 Å². The van der Waals surface area contributed by atoms with Crippen LogP contribution < -0.4 is 5.32 Å². The minimum absolute atomic E-state index is 0.0919. The summed E-state index contributed by atoms with van der Waals surface area (Å²) < 4.78 is 6.48. The van der Waals surface area contributed by atoms with Crippen LogP contribution in [0, 0.1) is 9.68 Å². The molecule has 4 nitrogen and oxygen atoms in total. The number of carbonyl (C=O) groups is 1. The first kappa shape index (κ1) is 18.9. The zero-order valence-electron chi connectivity index (χ0n) is 15.2. The van der Waals surface area contributed by atoms with Gasteiger partial charge in [0.1, 0.15) is 5.76 Å². The maximum atomic E-state index is 13.3. The highest BCUT2D eigenvalue weighted by atomic mass is 127. The van der Waals surface area contributed by atoms with E-state index in [0.29, 0.717) is 5.92 Å². The predicted molar refractivity (Wildman–Crippen MR) is 119 cm³/mol. The van der Waals surface area contributed by atoms with Gasteiger partial charge in [-0.1, -0.05) is 49.7 Å². The lowest BCUT2D eigenvalue weighted by atomic mass is 9.85. The number of para-hydroxylation sites is 1. The van der Waals surface area contributed by atoms with Gasteiger partial charge in [0.2, 0.25) is 0 Å². The van der Waals surface area contributed by atoms with E-state index in [4.69, 9.17) is 4.42 Å². The number of anilines is 1. The monoisotopic (exact) mass is 494 g/mol. The van der Waals surface area contributed by atoms with E-state index in [1.165, 1.54) is 19.3 Å². The highest BCUT2D eigenvalue weighted by Crippen LogP contribution is 2.42. The van der Waals surface area contributed by atoms with Gasteiger partial charge >= 0.3 is 0 Å². The molecule has 1 aromatic carbocycles. The van der Waals surface area contributed by atoms with Crippen LogP contribution >= 0.6 is 34.4 Å². The number of carbonyl (C=O) groups excluding carboxylic acids is 1. The first-order valence-corrected chi connectivity index (χ1v) is 11.4. The van der Waals surface area contributed by atoms with Gasteiger partial charge < -0.3 is 14.6 Å². The Morgan fingerprint density at radius 2 is 1.96 bits per heavy atom. The third-order valence-corrected chi connectivity index (χ3v) is 6.99. The summed E-state index contributed by atoms with van der Waals surface area (Å²) in [6.07, 6.45) is 6.59. The second kappa shape index (κ2) is 8.31. The largest absolute Gasteiger partial charge is 0.451 e. The number of benzene rings is 1. The fourth-order valence-corrected chi connectivity index (χ4v) is 5.53. The lowest BCUT2D eigenvalue weighted by Crippen LogP contribution is -2.48. The van der Waals surface area contributed by atoms with Crippen LogP contribution in [0.25, 0.3) is 6.08 Å². The summed E-state index contributed by atoms with van der Waals surface area (Å²) in [5.41, 5.74) is 0.941. The van der Waals surface area contributed by atoms with E-state index in [-0.39, 0.29) is 17.4 Å². The molecular weight excluding hydrogens is 471 g/mol. The van der Waals surface area contributed by atoms with Crippen molar-refractivity contribution in [3.63, 3.8) is 0 Å². The van der Waals surface area contributed by atoms with E-state index >= 15 is 0 Å². The summed E-state index contributed by atoms with van der Waals surface area (Å²) in [7, 11) is 0. The lowest BCUT2D eigenvalue weighted by molar-refractivity contribution is -0.129. The van der Waals surface area contributed by atoms with Crippen molar-refractivity contribution in [3.8, 4) is 0 Å². The van der Waals surface area contributed by atoms with E-state index in [9.17, 15) is 4.79 Å². The molecule has 142 valence electrons. The van der Waals surface area contributed by atoms with Gasteiger partial charge in [0.15, 0.2) is 9.26 Å². The van der Waals surface area contributed by atoms with Crippen LogP contribution in [0.3, 0.4) is 0 Å². The van der Waals surface area contributed by atoms with E-state index in [1.807, 2.05) is 48.5 Å². The Kier molecular flexibility index (Phi) is 5.82. The van der Waals surface area contributed by atoms with Gasteiger partial charge in [-0.2, -0.15) is 0 Å². The summed E-state index contributed by atoms with van der Waals surface area (Å²) in [5, 5.41) is 3.56. The van der Waals surface area contributed by atoms with Crippen molar-refractivity contribution < 1.29 is 9.21 Å². The molecule has 2 aromatic rings. The Labute approximate surface area is 177 Å². The van der Waals surface area contributed by atoms with Crippen LogP contribution in [0.2, 0.25) is 0 Å². The number of rotatable bonds is 4. The van der Waals surface area contributed by atoms with Crippen molar-refractivity contribution in [1.82, 2.24) is 4.90 Å². The molecular formula is C21H23IN2O2S. The Hall–Kier alpha value is -1.41. The smallest absolute Gasteiger partial charge is 0.263 e. The minimum atomic E-state index is -0.0919. The quantitative estimate of drug-likeness (QED) is 0.433. The van der Waals surface area contributed by atoms with Gasteiger partial charge in [0, 0.05) is 17.8 Å². The number of nitrogens with one attached hydrogen (secondary N) is 1. The molecule has 1 N–H and O–H groups in total. The summed E-state index contributed by atoms with van der Waals surface area (Å²) in [6.45, 7) is 2.28. The zero-order chi connectivity index (χ0) is 18.8. The van der Waals surface area contributed by atoms with Gasteiger partial charge in [-0.3, -0.25) is 4.79 Å². The van der Waals surface area contributed by atoms with Crippen molar-refractivity contribution in [2.75, 3.05) is 5.32 Å². The summed E-state index contributed by atoms with van der Waals surface area (Å²) in [4.78, 5) is 16.1. The molecule has 1 aliphatic heterocycles. The molecule has 0 radical (unpaired) electrons. The van der Waals surface area contributed by atoms with Crippen LogP contribution in [0.5, 0.6) is 0 Å². The molecule has 1 saturated carbocycles. The van der Waals surface area contributed by atoms with Crippen molar-refractivity contribution >= 4 is 52.0 Å². The van der Waals surface area contributed by atoms with E-state index in [0.717, 1.165) is 26.5 Å². The molecule has 2 aliphatic rings. The molecule has 0 spiro atoms. The summed E-state index contributed by atoms with van der Waals surface area (Å²) in [6, 6.07) is 14.2. The zero-order valence-corrected chi connectivity index (χ0v) is 18.2. The van der Waals surface area contributed by atoms with Gasteiger partial charge in [0.05, 0.1) is 4.91 Å². The summed E-state index contributed by atoms with van der Waals surface area (Å²) in [5.74, 6) is 1.36. The molecule has 3 atom stereocenters. The third kappa shape index (κ3) is 4.21. The average Bonchev–Trinajstić information content (AvgIpc) is 3.20. The van der Waals surface area contributed by atoms with Crippen LogP contribution in [0.4, 0.5) is 5.69 Å². The Balaban J connectivity index is 1.63. The van der Waals surface area contributed by atoms with Crippen molar-refractivity contribution in [3.05, 3.63) is 56.9 Å². The molecule has 27 heavy (non-hydrogen) atoms. The molecule has 2 heterocycles. The summed E-state index contributed by atoms with van der Waals surface area (Å²) >= 11 is 3.73. The molecule has 1 unspecified atom stereocenters. The molecule has 6 heteroatoms. The number of halogens is 1. The molecule has 1 amide bonds. The van der Waals surface area contributed by atoms with Crippen molar-refractivity contribution in [2.45, 2.75) is 44.1 Å². The van der Waals surface area contributed by atoms with Gasteiger partial charge in [-0.25, -0.2) is 0 Å². The molecule has 2 fully saturated rings. The van der Waals surface area contributed by atoms with Gasteiger partial charge in [-0.15, -0.1) is 0 Å². The maximum Gasteiger partial charge on any atom is 0.263 e. The van der Waals surface area contributed by atoms with E-state index in [1.54, 1.807) is 11.8 Å². The van der Waals surface area contributed by atoms with E-state index in [2.05, 4.69) is 39.7 Å². The normalized spacial score (nSPS) is 27.3. The second-order valence-corrected chi connectivity index (χ2v) is 9.36. The van der Waals surface area contributed by atoms with Crippen LogP contribution in [0.15, 0.2) is 51.8 Å². The first-order chi connectivity index (χ1) is 13.1. The maximum absolute atomic E-state index is 13.3. The highest BCUT2D eigenvalue weighted by molar-refractivity contribution is 14.1. The van der Waals surface area contributed by atoms with Crippen LogP contribution in [0.1, 0.15) is 38.4 Å². The number of hydrogen-bond acceptors (Lipinski definition) is 4. The lowest BCUT2D eigenvalue weighted by Gasteiger charge is -2.39. The van der Waals surface area contributed by atoms with Crippen molar-refractivity contribution in [2.24, 2.45) is 5.92 Å². The Bertz CT molecular complexity index is 836. The third-order valence-electron chi connectivity index (χ3n) is 5.29. The Morgan fingerprint density at radius 3 is 2.67 bits per heavy atom. The fraction of sp³-hybridized carbons (Fsp3) is 0.381. The first-order valence-electron chi connectivity index (χ1n) is 9.40. The Morgan fingerprint density at radius 1 is 1.19 bits per heavy atom.